The fraction of sp³-hybridized carbons (Fsp3) is 0.538. The van der Waals surface area contributed by atoms with E-state index in [9.17, 15) is 35.1 Å². The summed E-state index contributed by atoms with van der Waals surface area (Å²) in [5, 5.41) is 57.5. The van der Waals surface area contributed by atoms with Gasteiger partial charge in [0, 0.05) is 35.5 Å². The maximum absolute atomic E-state index is 13.9. The second-order valence-corrected chi connectivity index (χ2v) is 14.3. The van der Waals surface area contributed by atoms with Crippen molar-refractivity contribution in [3.05, 3.63) is 88.1 Å². The first kappa shape index (κ1) is 38.4. The summed E-state index contributed by atoms with van der Waals surface area (Å²) in [6.45, 7) is 11.0. The number of hydrogen-bond donors (Lipinski definition) is 7. The van der Waals surface area contributed by atoms with Crippen LogP contribution in [0.5, 0.6) is 5.75 Å². The van der Waals surface area contributed by atoms with Gasteiger partial charge in [-0.15, -0.1) is 0 Å². The van der Waals surface area contributed by atoms with Gasteiger partial charge >= 0.3 is 6.09 Å². The van der Waals surface area contributed by atoms with Crippen LogP contribution in [-0.4, -0.2) is 68.4 Å². The fourth-order valence-electron chi connectivity index (χ4n) is 8.19. The Morgan fingerprint density at radius 1 is 1.22 bits per heavy atom. The zero-order valence-electron chi connectivity index (χ0n) is 29.2. The van der Waals surface area contributed by atoms with Crippen LogP contribution in [0.25, 0.3) is 0 Å². The molecule has 1 amide bonds. The molecule has 2 fully saturated rings. The highest BCUT2D eigenvalue weighted by Gasteiger charge is 2.64. The van der Waals surface area contributed by atoms with E-state index >= 15 is 0 Å². The lowest BCUT2D eigenvalue weighted by Crippen LogP contribution is -2.59. The molecule has 3 aliphatic rings. The van der Waals surface area contributed by atoms with Gasteiger partial charge in [-0.25, -0.2) is 4.79 Å². The molecule has 10 heteroatoms. The van der Waals surface area contributed by atoms with E-state index in [2.05, 4.69) is 11.9 Å². The zero-order chi connectivity index (χ0) is 36.1. The van der Waals surface area contributed by atoms with E-state index in [-0.39, 0.29) is 31.2 Å². The van der Waals surface area contributed by atoms with Crippen molar-refractivity contribution < 1.29 is 39.9 Å². The number of aliphatic hydroxyl groups is 5. The average molecular weight is 679 g/mol. The van der Waals surface area contributed by atoms with Crippen LogP contribution < -0.4 is 15.8 Å². The largest absolute Gasteiger partial charge is 0.414 e. The van der Waals surface area contributed by atoms with Crippen molar-refractivity contribution in [2.24, 2.45) is 23.0 Å². The molecule has 0 radical (unpaired) electrons. The fourth-order valence-corrected chi connectivity index (χ4v) is 8.19. The van der Waals surface area contributed by atoms with Crippen LogP contribution in [0.3, 0.4) is 0 Å². The summed E-state index contributed by atoms with van der Waals surface area (Å²) in [5.74, 6) is -0.759. The van der Waals surface area contributed by atoms with Gasteiger partial charge in [0.2, 0.25) is 0 Å². The molecule has 10 nitrogen and oxygen atoms in total. The summed E-state index contributed by atoms with van der Waals surface area (Å²) in [5.41, 5.74) is 8.48. The SMILES string of the molecule is C=C(/C=C/C=C(/CO)[C@H]1CC[C@@]2([C@H](CCCO)/C(=C(\C)C(=O)Cc3cccc4c3OC(=O)N[C@@H]4N)CC[C@@]2(C)O)[C@@H]1O)[C@H](O)CC=C(C)C. The molecule has 1 aromatic carbocycles. The summed E-state index contributed by atoms with van der Waals surface area (Å²) in [7, 11) is 0. The molecule has 2 aliphatic carbocycles. The van der Waals surface area contributed by atoms with E-state index in [1.165, 1.54) is 0 Å². The molecule has 0 bridgehead atoms. The van der Waals surface area contributed by atoms with Crippen molar-refractivity contribution >= 4 is 11.9 Å². The number of amides is 1. The van der Waals surface area contributed by atoms with Crippen molar-refractivity contribution in [2.45, 2.75) is 103 Å². The Bertz CT molecular complexity index is 1530. The summed E-state index contributed by atoms with van der Waals surface area (Å²) in [6, 6.07) is 5.24. The number of fused-ring (bicyclic) bond motifs is 1. The first-order valence-corrected chi connectivity index (χ1v) is 17.3. The van der Waals surface area contributed by atoms with Gasteiger partial charge in [0.05, 0.1) is 24.4 Å². The van der Waals surface area contributed by atoms with Gasteiger partial charge in [-0.1, -0.05) is 60.2 Å². The first-order chi connectivity index (χ1) is 23.2. The van der Waals surface area contributed by atoms with E-state index in [1.54, 1.807) is 50.3 Å². The van der Waals surface area contributed by atoms with E-state index in [4.69, 9.17) is 10.5 Å². The Hall–Kier alpha value is -3.38. The Kier molecular flexibility index (Phi) is 12.6. The predicted octanol–water partition coefficient (Wildman–Crippen LogP) is 4.61. The number of nitrogens with two attached hydrogens (primary N) is 1. The molecule has 8 N–H and O–H groups in total. The number of carbonyl (C=O) groups excluding carboxylic acids is 2. The summed E-state index contributed by atoms with van der Waals surface area (Å²) in [6.07, 6.45) is 6.89. The Morgan fingerprint density at radius 3 is 2.63 bits per heavy atom. The average Bonchev–Trinajstić information content (AvgIpc) is 3.40. The highest BCUT2D eigenvalue weighted by molar-refractivity contribution is 5.97. The van der Waals surface area contributed by atoms with Crippen LogP contribution in [0.1, 0.15) is 89.9 Å². The smallest absolute Gasteiger partial charge is 0.410 e. The second kappa shape index (κ2) is 16.1. The van der Waals surface area contributed by atoms with Crippen LogP contribution in [-0.2, 0) is 11.2 Å². The van der Waals surface area contributed by atoms with Crippen molar-refractivity contribution in [3.8, 4) is 5.75 Å². The Balaban J connectivity index is 1.66. The maximum atomic E-state index is 13.9. The minimum Gasteiger partial charge on any atom is -0.410 e. The second-order valence-electron chi connectivity index (χ2n) is 14.3. The molecule has 1 aliphatic heterocycles. The van der Waals surface area contributed by atoms with Gasteiger partial charge < -0.3 is 41.3 Å². The van der Waals surface area contributed by atoms with E-state index in [1.807, 2.05) is 19.9 Å². The van der Waals surface area contributed by atoms with E-state index in [0.29, 0.717) is 72.8 Å². The molecule has 268 valence electrons. The minimum atomic E-state index is -1.29. The number of hydrogen-bond acceptors (Lipinski definition) is 9. The van der Waals surface area contributed by atoms with Crippen LogP contribution in [0.15, 0.2) is 76.9 Å². The van der Waals surface area contributed by atoms with Crippen LogP contribution >= 0.6 is 0 Å². The number of allylic oxidation sites excluding steroid dienone is 5. The molecule has 1 spiro atoms. The topological polar surface area (TPSA) is 183 Å². The standard InChI is InChI=1S/C39H54N2O8/c1-23(2)14-15-32(44)24(3)9-6-11-27(22-43)29-17-19-39(35(29)46)31(13-8-20-42)28(16-18-38(39,5)48)25(4)33(45)21-26-10-7-12-30-34(26)49-37(47)41-36(30)40/h6-7,9-12,14,29,31-32,35-36,42-44,46,48H,3,8,13,15-22,40H2,1-2,4-5H3,(H,41,47)/b9-6+,27-11-,28-25+/t29-,31-,32-,35-,36+,38-,39-/m1/s1. The number of Topliss-reactive ketones (excluding diaryl/α,β-unsaturated/α-hetero) is 1. The quantitative estimate of drug-likeness (QED) is 0.0890. The third kappa shape index (κ3) is 8.01. The number of aliphatic hydroxyl groups excluding tert-OH is 4. The lowest BCUT2D eigenvalue weighted by Gasteiger charge is -2.55. The first-order valence-electron chi connectivity index (χ1n) is 17.3. The third-order valence-electron chi connectivity index (χ3n) is 11.0. The van der Waals surface area contributed by atoms with Gasteiger partial charge in [-0.2, -0.15) is 0 Å². The number of ether oxygens (including phenoxy) is 1. The van der Waals surface area contributed by atoms with E-state index < -0.39 is 47.3 Å². The molecule has 2 saturated carbocycles. The Labute approximate surface area is 289 Å². The molecule has 49 heavy (non-hydrogen) atoms. The van der Waals surface area contributed by atoms with Crippen molar-refractivity contribution in [3.63, 3.8) is 0 Å². The highest BCUT2D eigenvalue weighted by atomic mass is 16.6. The molecular weight excluding hydrogens is 624 g/mol. The maximum Gasteiger partial charge on any atom is 0.414 e. The van der Waals surface area contributed by atoms with Crippen molar-refractivity contribution in [2.75, 3.05) is 13.2 Å². The van der Waals surface area contributed by atoms with Crippen molar-refractivity contribution in [1.82, 2.24) is 5.32 Å². The normalized spacial score (nSPS) is 30.1. The molecular formula is C39H54N2O8. The Morgan fingerprint density at radius 2 is 1.96 bits per heavy atom. The molecule has 4 rings (SSSR count). The predicted molar refractivity (Wildman–Crippen MR) is 188 cm³/mol. The summed E-state index contributed by atoms with van der Waals surface area (Å²) in [4.78, 5) is 26.0. The number of para-hydroxylation sites is 1. The third-order valence-corrected chi connectivity index (χ3v) is 11.0. The monoisotopic (exact) mass is 678 g/mol. The van der Waals surface area contributed by atoms with Gasteiger partial charge in [0.25, 0.3) is 0 Å². The van der Waals surface area contributed by atoms with Gasteiger partial charge in [0.1, 0.15) is 11.9 Å². The summed E-state index contributed by atoms with van der Waals surface area (Å²) < 4.78 is 5.43. The molecule has 1 heterocycles. The number of nitrogens with one attached hydrogen (secondary N) is 1. The number of ketones is 1. The molecule has 1 aromatic rings. The van der Waals surface area contributed by atoms with Crippen LogP contribution in [0, 0.1) is 17.3 Å². The highest BCUT2D eigenvalue weighted by Crippen LogP contribution is 2.63. The lowest BCUT2D eigenvalue weighted by atomic mass is 9.52. The number of benzene rings is 1. The minimum absolute atomic E-state index is 0.0299. The van der Waals surface area contributed by atoms with Gasteiger partial charge in [0.15, 0.2) is 5.78 Å². The molecule has 0 unspecified atom stereocenters. The van der Waals surface area contributed by atoms with Crippen LogP contribution in [0.4, 0.5) is 4.79 Å². The molecule has 7 atom stereocenters. The van der Waals surface area contributed by atoms with E-state index in [0.717, 1.165) is 11.1 Å². The number of rotatable bonds is 13. The summed E-state index contributed by atoms with van der Waals surface area (Å²) >= 11 is 0. The van der Waals surface area contributed by atoms with Crippen LogP contribution in [0.2, 0.25) is 0 Å². The lowest BCUT2D eigenvalue weighted by molar-refractivity contribution is -0.167. The zero-order valence-corrected chi connectivity index (χ0v) is 29.2. The molecule has 0 aromatic heterocycles. The van der Waals surface area contributed by atoms with Crippen molar-refractivity contribution in [1.29, 1.82) is 0 Å². The van der Waals surface area contributed by atoms with Gasteiger partial charge in [-0.3, -0.25) is 4.79 Å². The van der Waals surface area contributed by atoms with Gasteiger partial charge in [-0.05, 0) is 95.3 Å². The number of carbonyl (C=O) groups is 2. The molecule has 0 saturated heterocycles.